The van der Waals surface area contributed by atoms with E-state index in [2.05, 4.69) is 20.6 Å². The molecule has 8 nitrogen and oxygen atoms in total. The zero-order valence-corrected chi connectivity index (χ0v) is 15.8. The highest BCUT2D eigenvalue weighted by molar-refractivity contribution is 6.43. The van der Waals surface area contributed by atoms with E-state index in [4.69, 9.17) is 0 Å². The van der Waals surface area contributed by atoms with Crippen LogP contribution in [0.1, 0.15) is 68.8 Å². The monoisotopic (exact) mass is 376 g/mol. The van der Waals surface area contributed by atoms with Gasteiger partial charge in [0.05, 0.1) is 12.1 Å². The lowest BCUT2D eigenvalue weighted by molar-refractivity contribution is -0.123. The molecule has 1 aromatic rings. The van der Waals surface area contributed by atoms with E-state index in [9.17, 15) is 19.6 Å². The molecule has 0 aliphatic heterocycles. The molecule has 1 aromatic heterocycles. The lowest BCUT2D eigenvalue weighted by Crippen LogP contribution is -2.54. The highest BCUT2D eigenvalue weighted by Gasteiger charge is 2.31. The van der Waals surface area contributed by atoms with Crippen LogP contribution < -0.4 is 10.6 Å². The smallest absolute Gasteiger partial charge is 0.426 e. The number of hydrogen-bond donors (Lipinski definition) is 4. The lowest BCUT2D eigenvalue weighted by atomic mass is 9.71. The molecule has 1 aliphatic carbocycles. The van der Waals surface area contributed by atoms with Crippen LogP contribution >= 0.6 is 0 Å². The molecule has 0 saturated heterocycles. The summed E-state index contributed by atoms with van der Waals surface area (Å²) < 4.78 is 0. The maximum absolute atomic E-state index is 12.7. The molecule has 0 spiro atoms. The van der Waals surface area contributed by atoms with Gasteiger partial charge in [-0.15, -0.1) is 0 Å². The zero-order chi connectivity index (χ0) is 19.6. The Labute approximate surface area is 160 Å². The Bertz CT molecular complexity index is 596. The minimum atomic E-state index is -1.63. The summed E-state index contributed by atoms with van der Waals surface area (Å²) >= 11 is 0. The Morgan fingerprint density at radius 1 is 1.22 bits per heavy atom. The number of nitrogens with zero attached hydrogens (tertiary/aromatic N) is 2. The van der Waals surface area contributed by atoms with Crippen LogP contribution in [0, 0.1) is 5.92 Å². The highest BCUT2D eigenvalue weighted by atomic mass is 16.4. The van der Waals surface area contributed by atoms with Gasteiger partial charge < -0.3 is 20.7 Å². The fraction of sp³-hybridized carbons (Fsp3) is 0.667. The summed E-state index contributed by atoms with van der Waals surface area (Å²) in [5.41, 5.74) is 0.132. The van der Waals surface area contributed by atoms with Crippen molar-refractivity contribution in [3.63, 3.8) is 0 Å². The van der Waals surface area contributed by atoms with E-state index in [1.165, 1.54) is 25.0 Å². The summed E-state index contributed by atoms with van der Waals surface area (Å²) in [5.74, 6) is -1.26. The second kappa shape index (κ2) is 11.0. The Morgan fingerprint density at radius 3 is 2.56 bits per heavy atom. The van der Waals surface area contributed by atoms with Gasteiger partial charge >= 0.3 is 7.12 Å². The maximum atomic E-state index is 12.7. The van der Waals surface area contributed by atoms with Crippen LogP contribution in [0.15, 0.2) is 18.6 Å². The largest absolute Gasteiger partial charge is 0.475 e. The molecule has 4 N–H and O–H groups in total. The van der Waals surface area contributed by atoms with E-state index in [0.717, 1.165) is 25.7 Å². The van der Waals surface area contributed by atoms with Gasteiger partial charge in [-0.2, -0.15) is 0 Å². The number of nitrogens with one attached hydrogen (secondary N) is 2. The van der Waals surface area contributed by atoms with E-state index >= 15 is 0 Å². The summed E-state index contributed by atoms with van der Waals surface area (Å²) in [7, 11) is -1.63. The minimum absolute atomic E-state index is 0.132. The fourth-order valence-electron chi connectivity index (χ4n) is 3.53. The molecule has 9 heteroatoms. The van der Waals surface area contributed by atoms with Gasteiger partial charge in [-0.05, 0) is 18.8 Å². The molecule has 0 bridgehead atoms. The lowest BCUT2D eigenvalue weighted by Gasteiger charge is -2.28. The second-order valence-corrected chi connectivity index (χ2v) is 7.17. The molecule has 1 heterocycles. The van der Waals surface area contributed by atoms with Crippen molar-refractivity contribution >= 4 is 18.9 Å². The van der Waals surface area contributed by atoms with Gasteiger partial charge in [-0.1, -0.05) is 45.4 Å². The van der Waals surface area contributed by atoms with Crippen LogP contribution in [0.25, 0.3) is 0 Å². The van der Waals surface area contributed by atoms with Crippen molar-refractivity contribution in [3.05, 3.63) is 24.3 Å². The predicted octanol–water partition coefficient (Wildman–Crippen LogP) is 0.842. The third kappa shape index (κ3) is 6.91. The molecule has 1 saturated carbocycles. The van der Waals surface area contributed by atoms with E-state index in [0.29, 0.717) is 25.2 Å². The predicted molar refractivity (Wildman–Crippen MR) is 102 cm³/mol. The molecule has 148 valence electrons. The van der Waals surface area contributed by atoms with Crippen molar-refractivity contribution in [1.29, 1.82) is 0 Å². The molecule has 27 heavy (non-hydrogen) atoms. The van der Waals surface area contributed by atoms with E-state index in [1.54, 1.807) is 0 Å². The molecule has 1 aliphatic rings. The minimum Gasteiger partial charge on any atom is -0.426 e. The first-order chi connectivity index (χ1) is 13.0. The van der Waals surface area contributed by atoms with E-state index in [1.807, 2.05) is 6.92 Å². The van der Waals surface area contributed by atoms with Crippen LogP contribution in [0.5, 0.6) is 0 Å². The second-order valence-electron chi connectivity index (χ2n) is 7.17. The molecule has 0 radical (unpaired) electrons. The average molecular weight is 376 g/mol. The standard InChI is InChI=1S/C18H29BN4O4/c1-2-6-14(22-18(25)15-12-20-9-10-21-15)17(24)23-16(19(26)27)11-13-7-4-3-5-8-13/h9-10,12-14,16,26-27H,2-8,11H2,1H3,(H,22,25)(H,23,24)/t14-,16+/m1/s1. The molecule has 0 unspecified atom stereocenters. The van der Waals surface area contributed by atoms with Gasteiger partial charge in [0.1, 0.15) is 11.7 Å². The Hall–Kier alpha value is -2.00. The van der Waals surface area contributed by atoms with Crippen LogP contribution in [-0.2, 0) is 4.79 Å². The van der Waals surface area contributed by atoms with Gasteiger partial charge in [0.2, 0.25) is 5.91 Å². The van der Waals surface area contributed by atoms with Gasteiger partial charge in [-0.3, -0.25) is 14.6 Å². The van der Waals surface area contributed by atoms with Crippen LogP contribution in [0.3, 0.4) is 0 Å². The number of hydrogen-bond acceptors (Lipinski definition) is 6. The van der Waals surface area contributed by atoms with Crippen molar-refractivity contribution in [2.45, 2.75) is 70.3 Å². The van der Waals surface area contributed by atoms with Gasteiger partial charge in [0.25, 0.3) is 5.91 Å². The Kier molecular flexibility index (Phi) is 8.67. The fourth-order valence-corrected chi connectivity index (χ4v) is 3.53. The first-order valence-electron chi connectivity index (χ1n) is 9.74. The quantitative estimate of drug-likeness (QED) is 0.474. The number of amides is 2. The van der Waals surface area contributed by atoms with Gasteiger partial charge in [-0.25, -0.2) is 4.98 Å². The third-order valence-corrected chi connectivity index (χ3v) is 4.99. The molecular formula is C18H29BN4O4. The first kappa shape index (κ1) is 21.3. The van der Waals surface area contributed by atoms with Crippen molar-refractivity contribution in [2.75, 3.05) is 0 Å². The van der Waals surface area contributed by atoms with Gasteiger partial charge in [0, 0.05) is 12.4 Å². The number of carbonyl (C=O) groups excluding carboxylic acids is 2. The molecule has 1 fully saturated rings. The summed E-state index contributed by atoms with van der Waals surface area (Å²) in [4.78, 5) is 32.7. The van der Waals surface area contributed by atoms with Crippen LogP contribution in [0.4, 0.5) is 0 Å². The highest BCUT2D eigenvalue weighted by Crippen LogP contribution is 2.27. The van der Waals surface area contributed by atoms with Crippen molar-refractivity contribution in [3.8, 4) is 0 Å². The van der Waals surface area contributed by atoms with E-state index < -0.39 is 30.9 Å². The molecule has 0 aromatic carbocycles. The topological polar surface area (TPSA) is 124 Å². The average Bonchev–Trinajstić information content (AvgIpc) is 2.68. The SMILES string of the molecule is CCC[C@@H](NC(=O)c1cnccn1)C(=O)N[C@@H](CC1CCCCC1)B(O)O. The summed E-state index contributed by atoms with van der Waals surface area (Å²) in [6.45, 7) is 1.91. The molecule has 2 amide bonds. The molecule has 2 rings (SSSR count). The Balaban J connectivity index is 1.97. The molecule has 2 atom stereocenters. The molecular weight excluding hydrogens is 347 g/mol. The Morgan fingerprint density at radius 2 is 1.96 bits per heavy atom. The summed E-state index contributed by atoms with van der Waals surface area (Å²) in [6.07, 6.45) is 11.4. The number of carbonyl (C=O) groups is 2. The maximum Gasteiger partial charge on any atom is 0.475 e. The zero-order valence-electron chi connectivity index (χ0n) is 15.8. The number of rotatable bonds is 9. The van der Waals surface area contributed by atoms with Crippen LogP contribution in [0.2, 0.25) is 0 Å². The third-order valence-electron chi connectivity index (χ3n) is 4.99. The summed E-state index contributed by atoms with van der Waals surface area (Å²) in [5, 5.41) is 24.8. The normalized spacial score (nSPS) is 17.0. The van der Waals surface area contributed by atoms with Crippen molar-refractivity contribution in [2.24, 2.45) is 5.92 Å². The van der Waals surface area contributed by atoms with Gasteiger partial charge in [0.15, 0.2) is 0 Å². The van der Waals surface area contributed by atoms with Crippen molar-refractivity contribution in [1.82, 2.24) is 20.6 Å². The summed E-state index contributed by atoms with van der Waals surface area (Å²) in [6, 6.07) is -0.767. The van der Waals surface area contributed by atoms with E-state index in [-0.39, 0.29) is 5.69 Å². The first-order valence-corrected chi connectivity index (χ1v) is 9.74. The van der Waals surface area contributed by atoms with Crippen molar-refractivity contribution < 1.29 is 19.6 Å². The van der Waals surface area contributed by atoms with Crippen LogP contribution in [-0.4, -0.2) is 50.9 Å². The number of aromatic nitrogens is 2.